The highest BCUT2D eigenvalue weighted by atomic mass is 19.1. The standard InChI is InChI=1S/C16H23FN2O3/c1-11(2)8-9-16(3,22)10-18-14(20)15(21)19-13-7-5-4-6-12(13)17/h4-7,11,22H,8-10H2,1-3H3,(H,18,20)(H,19,21). The van der Waals surface area contributed by atoms with Gasteiger partial charge in [-0.25, -0.2) is 4.39 Å². The molecule has 1 rings (SSSR count). The van der Waals surface area contributed by atoms with Gasteiger partial charge in [-0.15, -0.1) is 0 Å². The Bertz CT molecular complexity index is 530. The molecule has 0 aromatic heterocycles. The van der Waals surface area contributed by atoms with E-state index in [1.807, 2.05) is 13.8 Å². The van der Waals surface area contributed by atoms with Crippen molar-refractivity contribution in [1.29, 1.82) is 0 Å². The summed E-state index contributed by atoms with van der Waals surface area (Å²) < 4.78 is 13.4. The lowest BCUT2D eigenvalue weighted by Crippen LogP contribution is -2.44. The lowest BCUT2D eigenvalue weighted by atomic mass is 9.95. The largest absolute Gasteiger partial charge is 0.388 e. The monoisotopic (exact) mass is 310 g/mol. The lowest BCUT2D eigenvalue weighted by Gasteiger charge is -2.24. The van der Waals surface area contributed by atoms with Gasteiger partial charge in [-0.05, 0) is 37.8 Å². The molecule has 0 aliphatic carbocycles. The predicted molar refractivity (Wildman–Crippen MR) is 82.7 cm³/mol. The molecule has 0 fully saturated rings. The molecule has 0 bridgehead atoms. The summed E-state index contributed by atoms with van der Waals surface area (Å²) in [6.45, 7) is 5.64. The average Bonchev–Trinajstić information content (AvgIpc) is 2.45. The van der Waals surface area contributed by atoms with Crippen molar-refractivity contribution in [2.75, 3.05) is 11.9 Å². The number of amides is 2. The van der Waals surface area contributed by atoms with E-state index in [-0.39, 0.29) is 12.2 Å². The van der Waals surface area contributed by atoms with E-state index in [9.17, 15) is 19.1 Å². The minimum atomic E-state index is -1.09. The maximum Gasteiger partial charge on any atom is 0.313 e. The minimum absolute atomic E-state index is 0.0384. The number of rotatable bonds is 6. The fraction of sp³-hybridized carbons (Fsp3) is 0.500. The highest BCUT2D eigenvalue weighted by Gasteiger charge is 2.23. The van der Waals surface area contributed by atoms with Gasteiger partial charge < -0.3 is 15.7 Å². The SMILES string of the molecule is CC(C)CCC(C)(O)CNC(=O)C(=O)Nc1ccccc1F. The Morgan fingerprint density at radius 3 is 2.50 bits per heavy atom. The first-order valence-electron chi connectivity index (χ1n) is 7.27. The summed E-state index contributed by atoms with van der Waals surface area (Å²) in [4.78, 5) is 23.4. The first-order valence-corrected chi connectivity index (χ1v) is 7.27. The van der Waals surface area contributed by atoms with Crippen molar-refractivity contribution in [3.63, 3.8) is 0 Å². The molecule has 0 aliphatic rings. The van der Waals surface area contributed by atoms with Crippen LogP contribution >= 0.6 is 0 Å². The van der Waals surface area contributed by atoms with Crippen LogP contribution in [-0.2, 0) is 9.59 Å². The molecule has 1 aromatic carbocycles. The Morgan fingerprint density at radius 2 is 1.91 bits per heavy atom. The molecule has 22 heavy (non-hydrogen) atoms. The summed E-state index contributed by atoms with van der Waals surface area (Å²) in [6.07, 6.45) is 1.32. The summed E-state index contributed by atoms with van der Waals surface area (Å²) in [5, 5.41) is 14.7. The Labute approximate surface area is 129 Å². The molecule has 5 nitrogen and oxygen atoms in total. The van der Waals surface area contributed by atoms with Gasteiger partial charge in [0.15, 0.2) is 0 Å². The maximum absolute atomic E-state index is 13.4. The number of aliphatic hydroxyl groups is 1. The molecule has 0 aliphatic heterocycles. The fourth-order valence-corrected chi connectivity index (χ4v) is 1.78. The van der Waals surface area contributed by atoms with Crippen LogP contribution in [-0.4, -0.2) is 29.1 Å². The minimum Gasteiger partial charge on any atom is -0.388 e. The van der Waals surface area contributed by atoms with Crippen LogP contribution in [0.4, 0.5) is 10.1 Å². The molecule has 1 aromatic rings. The molecule has 0 saturated heterocycles. The molecule has 0 heterocycles. The number of benzene rings is 1. The number of anilines is 1. The smallest absolute Gasteiger partial charge is 0.313 e. The second-order valence-corrected chi connectivity index (χ2v) is 6.05. The molecule has 1 unspecified atom stereocenters. The Kier molecular flexibility index (Phi) is 6.49. The zero-order valence-electron chi connectivity index (χ0n) is 13.1. The summed E-state index contributed by atoms with van der Waals surface area (Å²) in [6, 6.07) is 5.58. The molecule has 0 saturated carbocycles. The summed E-state index contributed by atoms with van der Waals surface area (Å²) >= 11 is 0. The van der Waals surface area contributed by atoms with E-state index < -0.39 is 23.2 Å². The number of hydrogen-bond donors (Lipinski definition) is 3. The molecule has 0 spiro atoms. The number of carbonyl (C=O) groups excluding carboxylic acids is 2. The summed E-state index contributed by atoms with van der Waals surface area (Å²) in [5.74, 6) is -2.06. The van der Waals surface area contributed by atoms with E-state index in [4.69, 9.17) is 0 Å². The molecule has 0 radical (unpaired) electrons. The van der Waals surface area contributed by atoms with Gasteiger partial charge in [-0.3, -0.25) is 9.59 Å². The van der Waals surface area contributed by atoms with Crippen molar-refractivity contribution in [3.05, 3.63) is 30.1 Å². The van der Waals surface area contributed by atoms with Crippen molar-refractivity contribution < 1.29 is 19.1 Å². The van der Waals surface area contributed by atoms with Gasteiger partial charge in [-0.2, -0.15) is 0 Å². The third-order valence-corrected chi connectivity index (χ3v) is 3.22. The molecular formula is C16H23FN2O3. The van der Waals surface area contributed by atoms with Gasteiger partial charge in [0.25, 0.3) is 0 Å². The van der Waals surface area contributed by atoms with Crippen molar-refractivity contribution in [1.82, 2.24) is 5.32 Å². The van der Waals surface area contributed by atoms with E-state index in [1.54, 1.807) is 13.0 Å². The van der Waals surface area contributed by atoms with Gasteiger partial charge in [0.1, 0.15) is 5.82 Å². The van der Waals surface area contributed by atoms with E-state index in [2.05, 4.69) is 10.6 Å². The average molecular weight is 310 g/mol. The fourth-order valence-electron chi connectivity index (χ4n) is 1.78. The Hall–Kier alpha value is -1.95. The van der Waals surface area contributed by atoms with Gasteiger partial charge in [0, 0.05) is 6.54 Å². The van der Waals surface area contributed by atoms with Crippen LogP contribution in [0.3, 0.4) is 0 Å². The van der Waals surface area contributed by atoms with Gasteiger partial charge in [0.05, 0.1) is 11.3 Å². The first-order chi connectivity index (χ1) is 10.2. The zero-order valence-corrected chi connectivity index (χ0v) is 13.1. The van der Waals surface area contributed by atoms with E-state index >= 15 is 0 Å². The predicted octanol–water partition coefficient (Wildman–Crippen LogP) is 2.07. The van der Waals surface area contributed by atoms with Gasteiger partial charge in [0.2, 0.25) is 0 Å². The van der Waals surface area contributed by atoms with E-state index in [1.165, 1.54) is 18.2 Å². The number of para-hydroxylation sites is 1. The first kappa shape index (κ1) is 18.1. The Morgan fingerprint density at radius 1 is 1.27 bits per heavy atom. The number of halogens is 1. The van der Waals surface area contributed by atoms with Crippen molar-refractivity contribution in [2.45, 2.75) is 39.2 Å². The third-order valence-electron chi connectivity index (χ3n) is 3.22. The topological polar surface area (TPSA) is 78.4 Å². The summed E-state index contributed by atoms with van der Waals surface area (Å²) in [7, 11) is 0. The number of nitrogens with one attached hydrogen (secondary N) is 2. The molecule has 2 amide bonds. The van der Waals surface area contributed by atoms with Crippen molar-refractivity contribution in [3.8, 4) is 0 Å². The van der Waals surface area contributed by atoms with Gasteiger partial charge >= 0.3 is 11.8 Å². The van der Waals surface area contributed by atoms with E-state index in [0.717, 1.165) is 6.42 Å². The normalized spacial score (nSPS) is 13.5. The van der Waals surface area contributed by atoms with Crippen molar-refractivity contribution >= 4 is 17.5 Å². The van der Waals surface area contributed by atoms with Gasteiger partial charge in [-0.1, -0.05) is 26.0 Å². The van der Waals surface area contributed by atoms with Crippen LogP contribution in [0.15, 0.2) is 24.3 Å². The van der Waals surface area contributed by atoms with Crippen molar-refractivity contribution in [2.24, 2.45) is 5.92 Å². The molecule has 6 heteroatoms. The number of hydrogen-bond acceptors (Lipinski definition) is 3. The molecule has 122 valence electrons. The quantitative estimate of drug-likeness (QED) is 0.704. The van der Waals surface area contributed by atoms with Crippen LogP contribution in [0.5, 0.6) is 0 Å². The zero-order chi connectivity index (χ0) is 16.8. The second-order valence-electron chi connectivity index (χ2n) is 6.05. The lowest BCUT2D eigenvalue weighted by molar-refractivity contribution is -0.136. The molecule has 3 N–H and O–H groups in total. The number of carbonyl (C=O) groups is 2. The highest BCUT2D eigenvalue weighted by molar-refractivity contribution is 6.39. The summed E-state index contributed by atoms with van der Waals surface area (Å²) in [5.41, 5.74) is -1.15. The van der Waals surface area contributed by atoms with Crippen LogP contribution in [0.2, 0.25) is 0 Å². The molecule has 1 atom stereocenters. The van der Waals surface area contributed by atoms with Crippen LogP contribution in [0.1, 0.15) is 33.6 Å². The Balaban J connectivity index is 2.48. The van der Waals surface area contributed by atoms with E-state index in [0.29, 0.717) is 12.3 Å². The maximum atomic E-state index is 13.4. The third kappa shape index (κ3) is 6.22. The molecular weight excluding hydrogens is 287 g/mol. The van der Waals surface area contributed by atoms with Crippen LogP contribution in [0, 0.1) is 11.7 Å². The van der Waals surface area contributed by atoms with Crippen LogP contribution < -0.4 is 10.6 Å². The van der Waals surface area contributed by atoms with Crippen LogP contribution in [0.25, 0.3) is 0 Å². The second kappa shape index (κ2) is 7.89. The highest BCUT2D eigenvalue weighted by Crippen LogP contribution is 2.15.